The molecule has 2 rings (SSSR count). The molecular formula is C15H29NO. The zero-order chi connectivity index (χ0) is 12.1. The van der Waals surface area contributed by atoms with Crippen LogP contribution < -0.4 is 5.32 Å². The second-order valence-electron chi connectivity index (χ2n) is 6.40. The first kappa shape index (κ1) is 13.4. The van der Waals surface area contributed by atoms with Gasteiger partial charge in [0.2, 0.25) is 0 Å². The number of hydrogen-bond acceptors (Lipinski definition) is 2. The Kier molecular flexibility index (Phi) is 4.87. The number of nitrogens with one attached hydrogen (secondary N) is 1. The summed E-state index contributed by atoms with van der Waals surface area (Å²) in [5, 5.41) is 13.0. The number of rotatable bonds is 6. The molecule has 2 atom stereocenters. The first-order valence-corrected chi connectivity index (χ1v) is 7.62. The molecule has 0 aromatic heterocycles. The molecule has 100 valence electrons. The molecule has 0 saturated heterocycles. The Hall–Kier alpha value is -0.0800. The molecule has 0 bridgehead atoms. The van der Waals surface area contributed by atoms with Crippen LogP contribution >= 0.6 is 0 Å². The van der Waals surface area contributed by atoms with Gasteiger partial charge in [0.25, 0.3) is 0 Å². The lowest BCUT2D eigenvalue weighted by Crippen LogP contribution is -2.35. The molecule has 0 radical (unpaired) electrons. The maximum atomic E-state index is 9.31. The number of aliphatic hydroxyl groups is 1. The Morgan fingerprint density at radius 3 is 2.65 bits per heavy atom. The van der Waals surface area contributed by atoms with Crippen LogP contribution in [0.5, 0.6) is 0 Å². The van der Waals surface area contributed by atoms with Crippen molar-refractivity contribution in [3.63, 3.8) is 0 Å². The second-order valence-corrected chi connectivity index (χ2v) is 6.40. The molecule has 0 aromatic carbocycles. The fourth-order valence-electron chi connectivity index (χ4n) is 3.21. The van der Waals surface area contributed by atoms with Gasteiger partial charge in [0.15, 0.2) is 0 Å². The van der Waals surface area contributed by atoms with Crippen LogP contribution in [-0.2, 0) is 0 Å². The van der Waals surface area contributed by atoms with Gasteiger partial charge in [-0.2, -0.15) is 0 Å². The summed E-state index contributed by atoms with van der Waals surface area (Å²) in [6.45, 7) is 3.73. The van der Waals surface area contributed by atoms with Crippen molar-refractivity contribution in [2.24, 2.45) is 11.3 Å². The molecule has 2 aliphatic carbocycles. The van der Waals surface area contributed by atoms with Crippen LogP contribution in [0.1, 0.15) is 64.7 Å². The lowest BCUT2D eigenvalue weighted by molar-refractivity contribution is 0.202. The van der Waals surface area contributed by atoms with Crippen LogP contribution in [0.2, 0.25) is 0 Å². The van der Waals surface area contributed by atoms with E-state index < -0.39 is 0 Å². The lowest BCUT2D eigenvalue weighted by atomic mass is 9.95. The Labute approximate surface area is 106 Å². The monoisotopic (exact) mass is 239 g/mol. The van der Waals surface area contributed by atoms with Crippen molar-refractivity contribution in [1.29, 1.82) is 0 Å². The molecule has 0 spiro atoms. The maximum absolute atomic E-state index is 9.31. The highest BCUT2D eigenvalue weighted by atomic mass is 16.3. The Morgan fingerprint density at radius 1 is 1.18 bits per heavy atom. The summed E-state index contributed by atoms with van der Waals surface area (Å²) in [5.41, 5.74) is 0.273. The van der Waals surface area contributed by atoms with Crippen LogP contribution in [0.15, 0.2) is 0 Å². The minimum Gasteiger partial charge on any atom is -0.396 e. The summed E-state index contributed by atoms with van der Waals surface area (Å²) in [6.07, 6.45) is 12.2. The highest BCUT2D eigenvalue weighted by Gasteiger charge is 2.41. The van der Waals surface area contributed by atoms with E-state index in [2.05, 4.69) is 12.2 Å². The molecular weight excluding hydrogens is 210 g/mol. The Bertz CT molecular complexity index is 225. The third-order valence-corrected chi connectivity index (χ3v) is 4.84. The van der Waals surface area contributed by atoms with Crippen molar-refractivity contribution < 1.29 is 5.11 Å². The summed E-state index contributed by atoms with van der Waals surface area (Å²) >= 11 is 0. The molecule has 2 heteroatoms. The van der Waals surface area contributed by atoms with E-state index >= 15 is 0 Å². The topological polar surface area (TPSA) is 32.3 Å². The highest BCUT2D eigenvalue weighted by molar-refractivity contribution is 4.95. The molecule has 2 fully saturated rings. The zero-order valence-electron chi connectivity index (χ0n) is 11.4. The van der Waals surface area contributed by atoms with Crippen molar-refractivity contribution in [3.8, 4) is 0 Å². The molecule has 17 heavy (non-hydrogen) atoms. The van der Waals surface area contributed by atoms with Gasteiger partial charge in [-0.15, -0.1) is 0 Å². The van der Waals surface area contributed by atoms with Gasteiger partial charge < -0.3 is 10.4 Å². The largest absolute Gasteiger partial charge is 0.396 e. The lowest BCUT2D eigenvalue weighted by Gasteiger charge is -2.20. The van der Waals surface area contributed by atoms with Gasteiger partial charge in [0.1, 0.15) is 0 Å². The van der Waals surface area contributed by atoms with Crippen molar-refractivity contribution in [2.45, 2.75) is 70.8 Å². The van der Waals surface area contributed by atoms with E-state index in [0.717, 1.165) is 18.5 Å². The van der Waals surface area contributed by atoms with Gasteiger partial charge in [0.05, 0.1) is 0 Å². The van der Waals surface area contributed by atoms with E-state index in [4.69, 9.17) is 0 Å². The Morgan fingerprint density at radius 2 is 2.00 bits per heavy atom. The molecule has 0 heterocycles. The normalized spacial score (nSPS) is 32.1. The van der Waals surface area contributed by atoms with Gasteiger partial charge in [-0.25, -0.2) is 0 Å². The predicted molar refractivity (Wildman–Crippen MR) is 72.0 cm³/mol. The first-order valence-electron chi connectivity index (χ1n) is 7.62. The summed E-state index contributed by atoms with van der Waals surface area (Å²) in [5.74, 6) is 0.986. The fourth-order valence-corrected chi connectivity index (χ4v) is 3.21. The average Bonchev–Trinajstić information content (AvgIpc) is 3.12. The van der Waals surface area contributed by atoms with Crippen LogP contribution in [0, 0.1) is 11.3 Å². The molecule has 2 N–H and O–H groups in total. The number of hydrogen-bond donors (Lipinski definition) is 2. The second kappa shape index (κ2) is 6.19. The smallest absolute Gasteiger partial charge is 0.0499 e. The van der Waals surface area contributed by atoms with Crippen LogP contribution in [0.4, 0.5) is 0 Å². The van der Waals surface area contributed by atoms with E-state index in [9.17, 15) is 5.11 Å². The SMILES string of the molecule is CCCC1CCCC(NCC2(CO)CC2)CC1. The molecule has 0 amide bonds. The zero-order valence-corrected chi connectivity index (χ0v) is 11.4. The predicted octanol–water partition coefficient (Wildman–Crippen LogP) is 3.10. The van der Waals surface area contributed by atoms with Crippen molar-refractivity contribution in [3.05, 3.63) is 0 Å². The molecule has 0 aromatic rings. The third-order valence-electron chi connectivity index (χ3n) is 4.84. The number of aliphatic hydroxyl groups excluding tert-OH is 1. The molecule has 0 aliphatic heterocycles. The Balaban J connectivity index is 1.68. The van der Waals surface area contributed by atoms with E-state index in [1.165, 1.54) is 57.8 Å². The van der Waals surface area contributed by atoms with Crippen molar-refractivity contribution in [2.75, 3.05) is 13.2 Å². The van der Waals surface area contributed by atoms with Crippen molar-refractivity contribution in [1.82, 2.24) is 5.32 Å². The minimum absolute atomic E-state index is 0.273. The molecule has 2 aliphatic rings. The summed E-state index contributed by atoms with van der Waals surface area (Å²) < 4.78 is 0. The average molecular weight is 239 g/mol. The van der Waals surface area contributed by atoms with E-state index in [1.54, 1.807) is 0 Å². The minimum atomic E-state index is 0.273. The third kappa shape index (κ3) is 3.96. The van der Waals surface area contributed by atoms with Crippen molar-refractivity contribution >= 4 is 0 Å². The maximum Gasteiger partial charge on any atom is 0.0499 e. The van der Waals surface area contributed by atoms with Crippen LogP contribution in [0.25, 0.3) is 0 Å². The fraction of sp³-hybridized carbons (Fsp3) is 1.00. The van der Waals surface area contributed by atoms with Gasteiger partial charge in [-0.05, 0) is 38.0 Å². The first-order chi connectivity index (χ1) is 8.28. The van der Waals surface area contributed by atoms with Gasteiger partial charge in [0, 0.05) is 24.6 Å². The summed E-state index contributed by atoms with van der Waals surface area (Å²) in [7, 11) is 0. The molecule has 2 saturated carbocycles. The summed E-state index contributed by atoms with van der Waals surface area (Å²) in [6, 6.07) is 0.723. The quantitative estimate of drug-likeness (QED) is 0.698. The van der Waals surface area contributed by atoms with E-state index in [1.807, 2.05) is 0 Å². The van der Waals surface area contributed by atoms with Crippen LogP contribution in [-0.4, -0.2) is 24.3 Å². The summed E-state index contributed by atoms with van der Waals surface area (Å²) in [4.78, 5) is 0. The van der Waals surface area contributed by atoms with Gasteiger partial charge >= 0.3 is 0 Å². The van der Waals surface area contributed by atoms with Crippen LogP contribution in [0.3, 0.4) is 0 Å². The standard InChI is InChI=1S/C15H29NO/c1-2-4-13-5-3-6-14(8-7-13)16-11-15(12-17)9-10-15/h13-14,16-17H,2-12H2,1H3. The highest BCUT2D eigenvalue weighted by Crippen LogP contribution is 2.44. The van der Waals surface area contributed by atoms with E-state index in [0.29, 0.717) is 6.61 Å². The van der Waals surface area contributed by atoms with Gasteiger partial charge in [-0.1, -0.05) is 32.6 Å². The van der Waals surface area contributed by atoms with E-state index in [-0.39, 0.29) is 5.41 Å². The molecule has 2 nitrogen and oxygen atoms in total. The molecule has 2 unspecified atom stereocenters. The van der Waals surface area contributed by atoms with Gasteiger partial charge in [-0.3, -0.25) is 0 Å².